The van der Waals surface area contributed by atoms with Crippen LogP contribution >= 0.6 is 0 Å². The summed E-state index contributed by atoms with van der Waals surface area (Å²) >= 11 is 0. The van der Waals surface area contributed by atoms with Gasteiger partial charge in [-0.2, -0.15) is 0 Å². The molecule has 0 amide bonds. The van der Waals surface area contributed by atoms with Crippen molar-refractivity contribution >= 4 is 23.0 Å². The predicted octanol–water partition coefficient (Wildman–Crippen LogP) is 2.66. The number of para-hydroxylation sites is 1. The number of aromatic nitrogens is 1. The van der Waals surface area contributed by atoms with Crippen LogP contribution in [-0.4, -0.2) is 37.6 Å². The molecule has 1 saturated carbocycles. The van der Waals surface area contributed by atoms with E-state index in [1.807, 2.05) is 30.3 Å². The second-order valence-electron chi connectivity index (χ2n) is 5.13. The Morgan fingerprint density at radius 3 is 2.90 bits per heavy atom. The van der Waals surface area contributed by atoms with Crippen LogP contribution in [0.2, 0.25) is 0 Å². The number of pyridine rings is 1. The first-order valence-electron chi connectivity index (χ1n) is 6.94. The molecule has 4 heteroatoms. The first kappa shape index (κ1) is 13.1. The van der Waals surface area contributed by atoms with Crippen molar-refractivity contribution in [3.8, 4) is 0 Å². The number of methoxy groups -OCH3 is 1. The van der Waals surface area contributed by atoms with Crippen LogP contribution in [0.1, 0.15) is 23.2 Å². The zero-order valence-corrected chi connectivity index (χ0v) is 11.6. The molecule has 0 N–H and O–H groups in total. The van der Waals surface area contributed by atoms with Gasteiger partial charge in [0.2, 0.25) is 0 Å². The first-order chi connectivity index (χ1) is 9.83. The number of aldehydes is 1. The highest BCUT2D eigenvalue weighted by atomic mass is 16.5. The number of anilines is 1. The smallest absolute Gasteiger partial charge is 0.153 e. The molecule has 1 aliphatic carbocycles. The highest BCUT2D eigenvalue weighted by Crippen LogP contribution is 2.33. The third kappa shape index (κ3) is 2.51. The van der Waals surface area contributed by atoms with Crippen molar-refractivity contribution in [2.24, 2.45) is 0 Å². The third-order valence-electron chi connectivity index (χ3n) is 3.66. The van der Waals surface area contributed by atoms with Gasteiger partial charge in [-0.25, -0.2) is 4.98 Å². The van der Waals surface area contributed by atoms with Crippen LogP contribution in [0.3, 0.4) is 0 Å². The SMILES string of the molecule is COCCN(c1nc2ccccc2cc1C=O)C1CC1. The Hall–Kier alpha value is -1.94. The van der Waals surface area contributed by atoms with E-state index in [-0.39, 0.29) is 0 Å². The Balaban J connectivity index is 2.04. The molecule has 104 valence electrons. The number of rotatable bonds is 6. The van der Waals surface area contributed by atoms with Gasteiger partial charge in [0, 0.05) is 25.1 Å². The van der Waals surface area contributed by atoms with E-state index in [4.69, 9.17) is 9.72 Å². The zero-order valence-electron chi connectivity index (χ0n) is 11.6. The number of nitrogens with zero attached hydrogens (tertiary/aromatic N) is 2. The molecular weight excluding hydrogens is 252 g/mol. The number of fused-ring (bicyclic) bond motifs is 1. The van der Waals surface area contributed by atoms with E-state index in [9.17, 15) is 4.79 Å². The molecule has 0 spiro atoms. The van der Waals surface area contributed by atoms with Gasteiger partial charge in [-0.15, -0.1) is 0 Å². The van der Waals surface area contributed by atoms with E-state index in [0.29, 0.717) is 18.2 Å². The summed E-state index contributed by atoms with van der Waals surface area (Å²) in [6, 6.07) is 10.3. The molecular formula is C16H18N2O2. The normalized spacial score (nSPS) is 14.4. The molecule has 2 aromatic rings. The maximum Gasteiger partial charge on any atom is 0.153 e. The molecule has 1 aromatic heterocycles. The molecule has 1 aromatic carbocycles. The number of carbonyl (C=O) groups excluding carboxylic acids is 1. The second kappa shape index (κ2) is 5.59. The number of ether oxygens (including phenoxy) is 1. The van der Waals surface area contributed by atoms with E-state index in [2.05, 4.69) is 4.90 Å². The molecule has 1 aliphatic rings. The minimum absolute atomic E-state index is 0.498. The Morgan fingerprint density at radius 1 is 1.40 bits per heavy atom. The Kier molecular flexibility index (Phi) is 3.65. The van der Waals surface area contributed by atoms with Gasteiger partial charge in [0.05, 0.1) is 17.7 Å². The van der Waals surface area contributed by atoms with Gasteiger partial charge in [0.25, 0.3) is 0 Å². The molecule has 1 heterocycles. The van der Waals surface area contributed by atoms with Crippen molar-refractivity contribution in [1.82, 2.24) is 4.98 Å². The van der Waals surface area contributed by atoms with Crippen molar-refractivity contribution in [3.05, 3.63) is 35.9 Å². The van der Waals surface area contributed by atoms with Crippen molar-refractivity contribution in [2.45, 2.75) is 18.9 Å². The Bertz CT molecular complexity index is 623. The van der Waals surface area contributed by atoms with E-state index in [1.54, 1.807) is 7.11 Å². The fourth-order valence-corrected chi connectivity index (χ4v) is 2.48. The summed E-state index contributed by atoms with van der Waals surface area (Å²) in [6.45, 7) is 1.41. The molecule has 4 nitrogen and oxygen atoms in total. The molecule has 20 heavy (non-hydrogen) atoms. The Labute approximate surface area is 118 Å². The minimum atomic E-state index is 0.498. The van der Waals surface area contributed by atoms with E-state index >= 15 is 0 Å². The predicted molar refractivity (Wildman–Crippen MR) is 79.4 cm³/mol. The molecule has 1 fully saturated rings. The molecule has 0 unspecified atom stereocenters. The molecule has 0 aliphatic heterocycles. The van der Waals surface area contributed by atoms with E-state index < -0.39 is 0 Å². The van der Waals surface area contributed by atoms with E-state index in [1.165, 1.54) is 0 Å². The second-order valence-corrected chi connectivity index (χ2v) is 5.13. The van der Waals surface area contributed by atoms with Gasteiger partial charge in [-0.3, -0.25) is 4.79 Å². The highest BCUT2D eigenvalue weighted by Gasteiger charge is 2.31. The van der Waals surface area contributed by atoms with Crippen LogP contribution in [0.5, 0.6) is 0 Å². The molecule has 0 radical (unpaired) electrons. The van der Waals surface area contributed by atoms with Crippen LogP contribution in [-0.2, 0) is 4.74 Å². The largest absolute Gasteiger partial charge is 0.383 e. The van der Waals surface area contributed by atoms with Gasteiger partial charge < -0.3 is 9.64 Å². The maximum absolute atomic E-state index is 11.4. The topological polar surface area (TPSA) is 42.4 Å². The van der Waals surface area contributed by atoms with Gasteiger partial charge in [0.15, 0.2) is 6.29 Å². The summed E-state index contributed by atoms with van der Waals surface area (Å²) in [6.07, 6.45) is 3.23. The monoisotopic (exact) mass is 270 g/mol. The lowest BCUT2D eigenvalue weighted by Crippen LogP contribution is -2.31. The summed E-state index contributed by atoms with van der Waals surface area (Å²) < 4.78 is 5.17. The number of benzene rings is 1. The summed E-state index contributed by atoms with van der Waals surface area (Å²) in [7, 11) is 1.69. The Morgan fingerprint density at radius 2 is 2.20 bits per heavy atom. The third-order valence-corrected chi connectivity index (χ3v) is 3.66. The molecule has 0 saturated heterocycles. The van der Waals surface area contributed by atoms with Crippen LogP contribution in [0, 0.1) is 0 Å². The van der Waals surface area contributed by atoms with Gasteiger partial charge in [-0.05, 0) is 25.0 Å². The lowest BCUT2D eigenvalue weighted by molar-refractivity contribution is 0.112. The lowest BCUT2D eigenvalue weighted by atomic mass is 10.1. The standard InChI is InChI=1S/C16H18N2O2/c1-20-9-8-18(14-6-7-14)16-13(11-19)10-12-4-2-3-5-15(12)17-16/h2-5,10-11,14H,6-9H2,1H3. The first-order valence-corrected chi connectivity index (χ1v) is 6.94. The summed E-state index contributed by atoms with van der Waals surface area (Å²) in [5, 5.41) is 1.00. The maximum atomic E-state index is 11.4. The number of hydrogen-bond donors (Lipinski definition) is 0. The molecule has 3 rings (SSSR count). The van der Waals surface area contributed by atoms with Crippen molar-refractivity contribution < 1.29 is 9.53 Å². The zero-order chi connectivity index (χ0) is 13.9. The van der Waals surface area contributed by atoms with Crippen LogP contribution in [0.15, 0.2) is 30.3 Å². The molecule has 0 bridgehead atoms. The van der Waals surface area contributed by atoms with Crippen LogP contribution in [0.4, 0.5) is 5.82 Å². The van der Waals surface area contributed by atoms with Gasteiger partial charge in [0.1, 0.15) is 5.82 Å². The van der Waals surface area contributed by atoms with Crippen LogP contribution in [0.25, 0.3) is 10.9 Å². The number of carbonyl (C=O) groups is 1. The average Bonchev–Trinajstić information content (AvgIpc) is 3.31. The summed E-state index contributed by atoms with van der Waals surface area (Å²) in [5.74, 6) is 0.790. The average molecular weight is 270 g/mol. The highest BCUT2D eigenvalue weighted by molar-refractivity contribution is 5.91. The van der Waals surface area contributed by atoms with Crippen LogP contribution < -0.4 is 4.90 Å². The van der Waals surface area contributed by atoms with Crippen molar-refractivity contribution in [2.75, 3.05) is 25.2 Å². The fraction of sp³-hybridized carbons (Fsp3) is 0.375. The fourth-order valence-electron chi connectivity index (χ4n) is 2.48. The van der Waals surface area contributed by atoms with Gasteiger partial charge in [-0.1, -0.05) is 18.2 Å². The lowest BCUT2D eigenvalue weighted by Gasteiger charge is -2.24. The summed E-state index contributed by atoms with van der Waals surface area (Å²) in [4.78, 5) is 18.3. The van der Waals surface area contributed by atoms with E-state index in [0.717, 1.165) is 42.4 Å². The number of hydrogen-bond acceptors (Lipinski definition) is 4. The quantitative estimate of drug-likeness (QED) is 0.757. The van der Waals surface area contributed by atoms with Crippen molar-refractivity contribution in [1.29, 1.82) is 0 Å². The minimum Gasteiger partial charge on any atom is -0.383 e. The molecule has 0 atom stereocenters. The van der Waals surface area contributed by atoms with Crippen molar-refractivity contribution in [3.63, 3.8) is 0 Å². The summed E-state index contributed by atoms with van der Waals surface area (Å²) in [5.41, 5.74) is 1.59. The van der Waals surface area contributed by atoms with Gasteiger partial charge >= 0.3 is 0 Å².